The lowest BCUT2D eigenvalue weighted by Crippen LogP contribution is -2.36. The number of carbonyl (C=O) groups excluding carboxylic acids is 2. The number of hydrogen-bond donors (Lipinski definition) is 1. The number of nitrogens with one attached hydrogen (secondary N) is 1. The van der Waals surface area contributed by atoms with Gasteiger partial charge in [0.25, 0.3) is 5.91 Å². The third-order valence-corrected chi connectivity index (χ3v) is 4.89. The number of halogens is 3. The lowest BCUT2D eigenvalue weighted by atomic mass is 10.1. The quantitative estimate of drug-likeness (QED) is 0.732. The van der Waals surface area contributed by atoms with Crippen molar-refractivity contribution in [2.45, 2.75) is 38.5 Å². The Kier molecular flexibility index (Phi) is 6.97. The summed E-state index contributed by atoms with van der Waals surface area (Å²) >= 11 is 0. The van der Waals surface area contributed by atoms with Crippen LogP contribution in [0.4, 0.5) is 18.9 Å². The number of alkyl halides is 3. The fourth-order valence-electron chi connectivity index (χ4n) is 3.44. The molecule has 1 N–H and O–H groups in total. The SMILES string of the molecule is O=C(CCc1ccccc1OC(F)(F)F)Nc1ccccc1C(=O)N1CCCCC1. The smallest absolute Gasteiger partial charge is 0.406 e. The van der Waals surface area contributed by atoms with Crippen LogP contribution < -0.4 is 10.1 Å². The van der Waals surface area contributed by atoms with Crippen LogP contribution in [0.1, 0.15) is 41.6 Å². The molecule has 0 aliphatic carbocycles. The molecule has 2 amide bonds. The second-order valence-electron chi connectivity index (χ2n) is 7.10. The van der Waals surface area contributed by atoms with E-state index >= 15 is 0 Å². The van der Waals surface area contributed by atoms with Crippen LogP contribution >= 0.6 is 0 Å². The number of hydrogen-bond acceptors (Lipinski definition) is 3. The number of carbonyl (C=O) groups is 2. The highest BCUT2D eigenvalue weighted by atomic mass is 19.4. The maximum atomic E-state index is 12.8. The molecule has 2 aromatic carbocycles. The van der Waals surface area contributed by atoms with Crippen molar-refractivity contribution in [1.29, 1.82) is 0 Å². The predicted molar refractivity (Wildman–Crippen MR) is 106 cm³/mol. The maximum absolute atomic E-state index is 12.8. The van der Waals surface area contributed by atoms with E-state index in [0.717, 1.165) is 19.3 Å². The van der Waals surface area contributed by atoms with Crippen LogP contribution in [0.5, 0.6) is 5.75 Å². The number of aryl methyl sites for hydroxylation is 1. The van der Waals surface area contributed by atoms with Crippen LogP contribution in [0.25, 0.3) is 0 Å². The summed E-state index contributed by atoms with van der Waals surface area (Å²) < 4.78 is 41.7. The average Bonchev–Trinajstić information content (AvgIpc) is 2.72. The third-order valence-electron chi connectivity index (χ3n) is 4.89. The van der Waals surface area contributed by atoms with Crippen LogP contribution in [-0.4, -0.2) is 36.2 Å². The minimum atomic E-state index is -4.80. The van der Waals surface area contributed by atoms with E-state index in [9.17, 15) is 22.8 Å². The van der Waals surface area contributed by atoms with Crippen molar-refractivity contribution in [2.75, 3.05) is 18.4 Å². The van der Waals surface area contributed by atoms with Crippen LogP contribution in [-0.2, 0) is 11.2 Å². The average molecular weight is 420 g/mol. The van der Waals surface area contributed by atoms with E-state index < -0.39 is 12.3 Å². The van der Waals surface area contributed by atoms with E-state index in [-0.39, 0.29) is 30.1 Å². The third kappa shape index (κ3) is 5.98. The van der Waals surface area contributed by atoms with Gasteiger partial charge in [0.15, 0.2) is 0 Å². The van der Waals surface area contributed by atoms with Crippen molar-refractivity contribution < 1.29 is 27.5 Å². The lowest BCUT2D eigenvalue weighted by molar-refractivity contribution is -0.274. The highest BCUT2D eigenvalue weighted by molar-refractivity contribution is 6.03. The first-order chi connectivity index (χ1) is 14.3. The molecule has 1 aliphatic heterocycles. The van der Waals surface area contributed by atoms with Crippen LogP contribution in [0.2, 0.25) is 0 Å². The van der Waals surface area contributed by atoms with Gasteiger partial charge in [0.1, 0.15) is 5.75 Å². The molecule has 160 valence electrons. The van der Waals surface area contributed by atoms with E-state index in [1.165, 1.54) is 18.2 Å². The Bertz CT molecular complexity index is 893. The molecule has 5 nitrogen and oxygen atoms in total. The molecule has 1 heterocycles. The highest BCUT2D eigenvalue weighted by Crippen LogP contribution is 2.27. The fraction of sp³-hybridized carbons (Fsp3) is 0.364. The van der Waals surface area contributed by atoms with Crippen molar-refractivity contribution in [1.82, 2.24) is 4.90 Å². The van der Waals surface area contributed by atoms with E-state index in [0.29, 0.717) is 24.3 Å². The van der Waals surface area contributed by atoms with Gasteiger partial charge in [0, 0.05) is 19.5 Å². The van der Waals surface area contributed by atoms with E-state index in [1.807, 2.05) is 0 Å². The predicted octanol–water partition coefficient (Wildman–Crippen LogP) is 4.78. The zero-order valence-electron chi connectivity index (χ0n) is 16.4. The Morgan fingerprint density at radius 3 is 2.37 bits per heavy atom. The van der Waals surface area contributed by atoms with Crippen molar-refractivity contribution >= 4 is 17.5 Å². The summed E-state index contributed by atoms with van der Waals surface area (Å²) in [5.41, 5.74) is 1.09. The summed E-state index contributed by atoms with van der Waals surface area (Å²) in [5, 5.41) is 2.72. The molecule has 1 fully saturated rings. The molecule has 1 saturated heterocycles. The number of likely N-dealkylation sites (tertiary alicyclic amines) is 1. The summed E-state index contributed by atoms with van der Waals surface area (Å²) in [6.45, 7) is 1.38. The van der Waals surface area contributed by atoms with Gasteiger partial charge in [0.05, 0.1) is 11.3 Å². The Balaban J connectivity index is 1.64. The number of benzene rings is 2. The molecule has 0 spiro atoms. The number of para-hydroxylation sites is 2. The van der Waals surface area contributed by atoms with Crippen molar-refractivity contribution in [2.24, 2.45) is 0 Å². The normalized spacial score (nSPS) is 14.3. The Morgan fingerprint density at radius 1 is 0.967 bits per heavy atom. The summed E-state index contributed by atoms with van der Waals surface area (Å²) in [7, 11) is 0. The van der Waals surface area contributed by atoms with Gasteiger partial charge in [-0.15, -0.1) is 13.2 Å². The molecule has 0 atom stereocenters. The van der Waals surface area contributed by atoms with Gasteiger partial charge in [-0.1, -0.05) is 30.3 Å². The molecule has 30 heavy (non-hydrogen) atoms. The maximum Gasteiger partial charge on any atom is 0.573 e. The summed E-state index contributed by atoms with van der Waals surface area (Å²) in [6, 6.07) is 12.5. The number of rotatable bonds is 6. The van der Waals surface area contributed by atoms with E-state index in [1.54, 1.807) is 35.2 Å². The van der Waals surface area contributed by atoms with Gasteiger partial charge < -0.3 is 15.0 Å². The topological polar surface area (TPSA) is 58.6 Å². The molecule has 0 bridgehead atoms. The highest BCUT2D eigenvalue weighted by Gasteiger charge is 2.32. The molecule has 0 aromatic heterocycles. The Morgan fingerprint density at radius 2 is 1.63 bits per heavy atom. The fourth-order valence-corrected chi connectivity index (χ4v) is 3.44. The Hall–Kier alpha value is -3.03. The molecule has 0 radical (unpaired) electrons. The zero-order valence-corrected chi connectivity index (χ0v) is 16.4. The molecule has 0 unspecified atom stereocenters. The number of amides is 2. The van der Waals surface area contributed by atoms with Crippen LogP contribution in [0.3, 0.4) is 0 Å². The van der Waals surface area contributed by atoms with Gasteiger partial charge in [-0.05, 0) is 49.4 Å². The van der Waals surface area contributed by atoms with Gasteiger partial charge in [-0.25, -0.2) is 0 Å². The minimum absolute atomic E-state index is 0.0511. The van der Waals surface area contributed by atoms with Crippen molar-refractivity contribution in [3.05, 3.63) is 59.7 Å². The molecule has 0 saturated carbocycles. The van der Waals surface area contributed by atoms with Gasteiger partial charge in [0.2, 0.25) is 5.91 Å². The largest absolute Gasteiger partial charge is 0.573 e. The lowest BCUT2D eigenvalue weighted by Gasteiger charge is -2.27. The number of piperidine rings is 1. The number of anilines is 1. The molecule has 3 rings (SSSR count). The first-order valence-corrected chi connectivity index (χ1v) is 9.85. The van der Waals surface area contributed by atoms with Crippen LogP contribution in [0.15, 0.2) is 48.5 Å². The van der Waals surface area contributed by atoms with Gasteiger partial charge in [-0.2, -0.15) is 0 Å². The number of ether oxygens (including phenoxy) is 1. The molecular weight excluding hydrogens is 397 g/mol. The Labute approximate surface area is 172 Å². The van der Waals surface area contributed by atoms with Gasteiger partial charge in [-0.3, -0.25) is 9.59 Å². The summed E-state index contributed by atoms with van der Waals surface area (Å²) in [4.78, 5) is 27.0. The van der Waals surface area contributed by atoms with Gasteiger partial charge >= 0.3 is 6.36 Å². The second-order valence-corrected chi connectivity index (χ2v) is 7.10. The molecule has 2 aromatic rings. The summed E-state index contributed by atoms with van der Waals surface area (Å²) in [5.74, 6) is -0.844. The minimum Gasteiger partial charge on any atom is -0.406 e. The second kappa shape index (κ2) is 9.65. The van der Waals surface area contributed by atoms with E-state index in [4.69, 9.17) is 0 Å². The van der Waals surface area contributed by atoms with Crippen molar-refractivity contribution in [3.63, 3.8) is 0 Å². The summed E-state index contributed by atoms with van der Waals surface area (Å²) in [6.07, 6.45) is -1.77. The zero-order chi connectivity index (χ0) is 21.6. The van der Waals surface area contributed by atoms with E-state index in [2.05, 4.69) is 10.1 Å². The monoisotopic (exact) mass is 420 g/mol. The standard InChI is InChI=1S/C22H23F3N2O3/c23-22(24,25)30-19-11-5-2-8-16(19)12-13-20(28)26-18-10-4-3-9-17(18)21(29)27-14-6-1-7-15-27/h2-5,8-11H,1,6-7,12-15H2,(H,26,28). The van der Waals surface area contributed by atoms with Crippen molar-refractivity contribution in [3.8, 4) is 5.75 Å². The molecule has 1 aliphatic rings. The first-order valence-electron chi connectivity index (χ1n) is 9.85. The number of nitrogens with zero attached hydrogens (tertiary/aromatic N) is 1. The molecular formula is C22H23F3N2O3. The first kappa shape index (κ1) is 21.7. The molecule has 8 heteroatoms. The van der Waals surface area contributed by atoms with Crippen LogP contribution in [0, 0.1) is 0 Å².